The monoisotopic (exact) mass is 292 g/mol. The lowest BCUT2D eigenvalue weighted by Crippen LogP contribution is -2.46. The minimum Gasteiger partial charge on any atom is -0.481 e. The Morgan fingerprint density at radius 2 is 2.14 bits per heavy atom. The van der Waals surface area contributed by atoms with Crippen molar-refractivity contribution in [2.75, 3.05) is 26.9 Å². The molecule has 0 N–H and O–H groups in total. The summed E-state index contributed by atoms with van der Waals surface area (Å²) in [5.74, 6) is 0.433. The van der Waals surface area contributed by atoms with Crippen molar-refractivity contribution in [1.29, 1.82) is 0 Å². The van der Waals surface area contributed by atoms with Crippen molar-refractivity contribution in [1.82, 2.24) is 9.97 Å². The van der Waals surface area contributed by atoms with Gasteiger partial charge in [-0.05, 0) is 25.7 Å². The first kappa shape index (κ1) is 14.4. The number of Topliss-reactive ketones (excluding diaryl/α,β-unsaturated/α-hetero) is 1. The summed E-state index contributed by atoms with van der Waals surface area (Å²) < 4.78 is 16.4. The fraction of sp³-hybridized carbons (Fsp3) is 0.667. The molecule has 2 saturated heterocycles. The fourth-order valence-electron chi connectivity index (χ4n) is 3.14. The van der Waals surface area contributed by atoms with Gasteiger partial charge in [-0.1, -0.05) is 0 Å². The van der Waals surface area contributed by atoms with Gasteiger partial charge in [-0.2, -0.15) is 0 Å². The van der Waals surface area contributed by atoms with Gasteiger partial charge in [-0.15, -0.1) is 0 Å². The van der Waals surface area contributed by atoms with Gasteiger partial charge in [-0.25, -0.2) is 9.97 Å². The Kier molecular flexibility index (Phi) is 4.17. The summed E-state index contributed by atoms with van der Waals surface area (Å²) in [6, 6.07) is 1.61. The molecule has 0 saturated carbocycles. The molecule has 0 bridgehead atoms. The van der Waals surface area contributed by atoms with E-state index in [0.29, 0.717) is 31.4 Å². The Labute approximate surface area is 123 Å². The molecule has 1 unspecified atom stereocenters. The fourth-order valence-corrected chi connectivity index (χ4v) is 3.14. The van der Waals surface area contributed by atoms with E-state index in [1.807, 2.05) is 0 Å². The predicted octanol–water partition coefficient (Wildman–Crippen LogP) is 1.64. The summed E-state index contributed by atoms with van der Waals surface area (Å²) >= 11 is 0. The van der Waals surface area contributed by atoms with E-state index in [1.165, 1.54) is 13.4 Å². The zero-order valence-corrected chi connectivity index (χ0v) is 12.2. The number of ketones is 1. The summed E-state index contributed by atoms with van der Waals surface area (Å²) in [6.07, 6.45) is 4.60. The highest BCUT2D eigenvalue weighted by Gasteiger charge is 2.41. The lowest BCUT2D eigenvalue weighted by Gasteiger charge is -2.42. The van der Waals surface area contributed by atoms with E-state index in [9.17, 15) is 4.79 Å². The van der Waals surface area contributed by atoms with Gasteiger partial charge in [0.1, 0.15) is 12.0 Å². The van der Waals surface area contributed by atoms with Crippen LogP contribution in [0.4, 0.5) is 0 Å². The van der Waals surface area contributed by atoms with Crippen LogP contribution in [0.2, 0.25) is 0 Å². The third-order valence-corrected chi connectivity index (χ3v) is 4.37. The zero-order chi connectivity index (χ0) is 14.7. The van der Waals surface area contributed by atoms with E-state index >= 15 is 0 Å². The van der Waals surface area contributed by atoms with Crippen LogP contribution in [0.25, 0.3) is 0 Å². The largest absolute Gasteiger partial charge is 0.481 e. The van der Waals surface area contributed by atoms with E-state index in [0.717, 1.165) is 25.7 Å². The molecule has 2 fully saturated rings. The molecule has 6 heteroatoms. The number of rotatable bonds is 3. The van der Waals surface area contributed by atoms with Crippen molar-refractivity contribution in [2.24, 2.45) is 5.92 Å². The van der Waals surface area contributed by atoms with Crippen LogP contribution in [0.1, 0.15) is 36.2 Å². The van der Waals surface area contributed by atoms with Gasteiger partial charge < -0.3 is 14.2 Å². The van der Waals surface area contributed by atoms with Gasteiger partial charge >= 0.3 is 0 Å². The van der Waals surface area contributed by atoms with Gasteiger partial charge in [0.25, 0.3) is 0 Å². The molecular formula is C15H20N2O4. The van der Waals surface area contributed by atoms with E-state index in [2.05, 4.69) is 9.97 Å². The molecule has 21 heavy (non-hydrogen) atoms. The molecule has 2 aliphatic rings. The van der Waals surface area contributed by atoms with Crippen LogP contribution >= 0.6 is 0 Å². The average Bonchev–Trinajstić information content (AvgIpc) is 2.55. The maximum absolute atomic E-state index is 12.7. The molecule has 0 aliphatic carbocycles. The van der Waals surface area contributed by atoms with Crippen LogP contribution < -0.4 is 4.74 Å². The minimum atomic E-state index is -0.187. The second-order valence-electron chi connectivity index (χ2n) is 5.64. The number of carbonyl (C=O) groups excluding carboxylic acids is 1. The first-order valence-electron chi connectivity index (χ1n) is 7.34. The number of methoxy groups -OCH3 is 1. The lowest BCUT2D eigenvalue weighted by atomic mass is 9.78. The molecule has 0 radical (unpaired) electrons. The van der Waals surface area contributed by atoms with E-state index in [-0.39, 0.29) is 17.3 Å². The highest BCUT2D eigenvalue weighted by atomic mass is 16.5. The van der Waals surface area contributed by atoms with Crippen molar-refractivity contribution in [3.63, 3.8) is 0 Å². The number of nitrogens with zero attached hydrogens (tertiary/aromatic N) is 2. The number of ether oxygens (including phenoxy) is 3. The summed E-state index contributed by atoms with van der Waals surface area (Å²) in [5, 5.41) is 0. The Morgan fingerprint density at radius 3 is 2.90 bits per heavy atom. The Balaban J connectivity index is 1.74. The summed E-state index contributed by atoms with van der Waals surface area (Å²) in [5.41, 5.74) is 0.240. The van der Waals surface area contributed by atoms with Gasteiger partial charge in [0, 0.05) is 31.8 Å². The molecule has 3 heterocycles. The molecule has 6 nitrogen and oxygen atoms in total. The maximum Gasteiger partial charge on any atom is 0.216 e. The average molecular weight is 292 g/mol. The minimum absolute atomic E-state index is 0.0449. The van der Waals surface area contributed by atoms with Crippen LogP contribution in [-0.2, 0) is 9.47 Å². The van der Waals surface area contributed by atoms with Crippen LogP contribution in [0, 0.1) is 5.92 Å². The normalized spacial score (nSPS) is 24.7. The molecule has 3 rings (SSSR count). The Hall–Kier alpha value is -1.53. The standard InChI is InChI=1S/C15H20N2O4/c1-19-13-8-12(16-10-17-13)14(18)11-2-5-21-15(9-11)3-6-20-7-4-15/h8,10-11H,2-7,9H2,1H3. The van der Waals surface area contributed by atoms with Gasteiger partial charge in [0.2, 0.25) is 5.88 Å². The number of carbonyl (C=O) groups is 1. The van der Waals surface area contributed by atoms with Crippen LogP contribution in [-0.4, -0.2) is 48.3 Å². The van der Waals surface area contributed by atoms with Gasteiger partial charge in [-0.3, -0.25) is 4.79 Å². The van der Waals surface area contributed by atoms with Crippen molar-refractivity contribution >= 4 is 5.78 Å². The Bertz CT molecular complexity index is 509. The first-order valence-corrected chi connectivity index (χ1v) is 7.34. The maximum atomic E-state index is 12.7. The first-order chi connectivity index (χ1) is 10.2. The summed E-state index contributed by atoms with van der Waals surface area (Å²) in [7, 11) is 1.53. The number of hydrogen-bond acceptors (Lipinski definition) is 6. The highest BCUT2D eigenvalue weighted by Crippen LogP contribution is 2.38. The number of hydrogen-bond donors (Lipinski definition) is 0. The molecule has 1 atom stereocenters. The zero-order valence-electron chi connectivity index (χ0n) is 12.2. The number of aromatic nitrogens is 2. The van der Waals surface area contributed by atoms with E-state index in [1.54, 1.807) is 6.07 Å². The molecule has 1 spiro atoms. The van der Waals surface area contributed by atoms with Crippen molar-refractivity contribution in [3.8, 4) is 5.88 Å². The molecular weight excluding hydrogens is 272 g/mol. The van der Waals surface area contributed by atoms with Gasteiger partial charge in [0.05, 0.1) is 12.7 Å². The summed E-state index contributed by atoms with van der Waals surface area (Å²) in [4.78, 5) is 20.7. The molecule has 0 amide bonds. The van der Waals surface area contributed by atoms with E-state index < -0.39 is 0 Å². The quantitative estimate of drug-likeness (QED) is 0.789. The van der Waals surface area contributed by atoms with Crippen molar-refractivity contribution < 1.29 is 19.0 Å². The Morgan fingerprint density at radius 1 is 1.33 bits per heavy atom. The smallest absolute Gasteiger partial charge is 0.216 e. The lowest BCUT2D eigenvalue weighted by molar-refractivity contribution is -0.142. The van der Waals surface area contributed by atoms with Crippen LogP contribution in [0.3, 0.4) is 0 Å². The predicted molar refractivity (Wildman–Crippen MR) is 74.4 cm³/mol. The molecule has 1 aromatic heterocycles. The van der Waals surface area contributed by atoms with E-state index in [4.69, 9.17) is 14.2 Å². The third kappa shape index (κ3) is 3.06. The van der Waals surface area contributed by atoms with Crippen molar-refractivity contribution in [2.45, 2.75) is 31.3 Å². The third-order valence-electron chi connectivity index (χ3n) is 4.37. The van der Waals surface area contributed by atoms with Crippen LogP contribution in [0.15, 0.2) is 12.4 Å². The molecule has 0 aromatic carbocycles. The second kappa shape index (κ2) is 6.07. The SMILES string of the molecule is COc1cc(C(=O)C2CCOC3(CCOCC3)C2)ncn1. The van der Waals surface area contributed by atoms with Crippen LogP contribution in [0.5, 0.6) is 5.88 Å². The molecule has 2 aliphatic heterocycles. The topological polar surface area (TPSA) is 70.5 Å². The highest BCUT2D eigenvalue weighted by molar-refractivity contribution is 5.96. The second-order valence-corrected chi connectivity index (χ2v) is 5.64. The molecule has 114 valence electrons. The van der Waals surface area contributed by atoms with Crippen molar-refractivity contribution in [3.05, 3.63) is 18.1 Å². The van der Waals surface area contributed by atoms with Gasteiger partial charge in [0.15, 0.2) is 5.78 Å². The molecule has 1 aromatic rings. The summed E-state index contributed by atoms with van der Waals surface area (Å²) in [6.45, 7) is 2.04.